The Morgan fingerprint density at radius 2 is 2.00 bits per heavy atom. The minimum absolute atomic E-state index is 0.152. The van der Waals surface area contributed by atoms with Crippen LogP contribution in [0.4, 0.5) is 0 Å². The molecule has 0 aliphatic carbocycles. The van der Waals surface area contributed by atoms with Crippen LogP contribution >= 0.6 is 0 Å². The summed E-state index contributed by atoms with van der Waals surface area (Å²) in [6.45, 7) is 7.58. The van der Waals surface area contributed by atoms with Crippen LogP contribution in [0.25, 0.3) is 10.9 Å². The molecule has 6 heteroatoms. The van der Waals surface area contributed by atoms with Gasteiger partial charge in [-0.3, -0.25) is 14.9 Å². The molecule has 0 aliphatic heterocycles. The maximum Gasteiger partial charge on any atom is 0.252 e. The average molecular weight is 309 g/mol. The molecule has 1 aromatic carbocycles. The molecule has 0 radical (unpaired) electrons. The first-order valence-corrected chi connectivity index (χ1v) is 7.52. The number of benzene rings is 1. The van der Waals surface area contributed by atoms with Crippen LogP contribution in [-0.4, -0.2) is 26.1 Å². The van der Waals surface area contributed by atoms with Crippen molar-refractivity contribution in [1.29, 1.82) is 0 Å². The first-order chi connectivity index (χ1) is 11.0. The number of nitrogens with zero attached hydrogens (tertiary/aromatic N) is 3. The average Bonchev–Trinajstić information content (AvgIpc) is 2.94. The molecule has 1 amide bonds. The molecule has 0 saturated heterocycles. The molecule has 0 fully saturated rings. The van der Waals surface area contributed by atoms with Crippen molar-refractivity contribution in [3.8, 4) is 0 Å². The van der Waals surface area contributed by atoms with Gasteiger partial charge >= 0.3 is 0 Å². The van der Waals surface area contributed by atoms with Crippen LogP contribution in [0.2, 0.25) is 0 Å². The van der Waals surface area contributed by atoms with Gasteiger partial charge in [-0.1, -0.05) is 18.2 Å². The standard InChI is InChI=1S/C17H19N5O/c1-9-6-5-7-13-14(8-10(2)18-15(9)13)17(23)19-11(3)16-20-12(4)21-22-16/h5-8,11H,1-4H3,(H,19,23)(H,20,21,22)/t11-/m1/s1. The second kappa shape index (κ2) is 5.79. The van der Waals surface area contributed by atoms with Crippen LogP contribution in [0.15, 0.2) is 24.3 Å². The van der Waals surface area contributed by atoms with Gasteiger partial charge in [0.05, 0.1) is 17.1 Å². The van der Waals surface area contributed by atoms with E-state index in [1.807, 2.05) is 52.0 Å². The summed E-state index contributed by atoms with van der Waals surface area (Å²) in [6, 6.07) is 7.39. The number of H-pyrrole nitrogens is 1. The highest BCUT2D eigenvalue weighted by atomic mass is 16.1. The lowest BCUT2D eigenvalue weighted by atomic mass is 10.0. The summed E-state index contributed by atoms with van der Waals surface area (Å²) in [6.07, 6.45) is 0. The van der Waals surface area contributed by atoms with E-state index in [1.165, 1.54) is 0 Å². The van der Waals surface area contributed by atoms with Crippen molar-refractivity contribution in [3.63, 3.8) is 0 Å². The van der Waals surface area contributed by atoms with Crippen LogP contribution in [-0.2, 0) is 0 Å². The Kier molecular flexibility index (Phi) is 3.82. The molecule has 2 aromatic heterocycles. The fourth-order valence-corrected chi connectivity index (χ4v) is 2.60. The lowest BCUT2D eigenvalue weighted by molar-refractivity contribution is 0.0940. The highest BCUT2D eigenvalue weighted by Crippen LogP contribution is 2.22. The van der Waals surface area contributed by atoms with E-state index in [4.69, 9.17) is 0 Å². The fourth-order valence-electron chi connectivity index (χ4n) is 2.60. The summed E-state index contributed by atoms with van der Waals surface area (Å²) in [7, 11) is 0. The quantitative estimate of drug-likeness (QED) is 0.779. The molecular formula is C17H19N5O. The van der Waals surface area contributed by atoms with Crippen LogP contribution in [0, 0.1) is 20.8 Å². The Labute approximate surface area is 134 Å². The predicted octanol–water partition coefficient (Wildman–Crippen LogP) is 2.77. The zero-order chi connectivity index (χ0) is 16.6. The number of para-hydroxylation sites is 1. The normalized spacial score (nSPS) is 12.3. The zero-order valence-electron chi connectivity index (χ0n) is 13.6. The van der Waals surface area contributed by atoms with Gasteiger partial charge in [-0.05, 0) is 39.3 Å². The summed E-state index contributed by atoms with van der Waals surface area (Å²) in [4.78, 5) is 21.5. The predicted molar refractivity (Wildman–Crippen MR) is 88.2 cm³/mol. The van der Waals surface area contributed by atoms with Gasteiger partial charge < -0.3 is 5.32 Å². The molecule has 6 nitrogen and oxygen atoms in total. The van der Waals surface area contributed by atoms with Crippen LogP contribution in [0.1, 0.15) is 46.2 Å². The van der Waals surface area contributed by atoms with Gasteiger partial charge in [-0.25, -0.2) is 4.98 Å². The van der Waals surface area contributed by atoms with Gasteiger partial charge in [0.15, 0.2) is 5.82 Å². The monoisotopic (exact) mass is 309 g/mol. The third kappa shape index (κ3) is 2.92. The van der Waals surface area contributed by atoms with Gasteiger partial charge in [0.25, 0.3) is 5.91 Å². The Balaban J connectivity index is 1.96. The van der Waals surface area contributed by atoms with Crippen molar-refractivity contribution < 1.29 is 4.79 Å². The molecule has 0 spiro atoms. The molecule has 118 valence electrons. The Hall–Kier alpha value is -2.76. The van der Waals surface area contributed by atoms with E-state index >= 15 is 0 Å². The number of amides is 1. The number of hydrogen-bond acceptors (Lipinski definition) is 4. The summed E-state index contributed by atoms with van der Waals surface area (Å²) in [5.74, 6) is 1.14. The number of rotatable bonds is 3. The maximum atomic E-state index is 12.7. The Morgan fingerprint density at radius 1 is 1.22 bits per heavy atom. The Bertz CT molecular complexity index is 884. The molecule has 1 atom stereocenters. The highest BCUT2D eigenvalue weighted by Gasteiger charge is 2.18. The minimum atomic E-state index is -0.277. The molecule has 3 rings (SSSR count). The lowest BCUT2D eigenvalue weighted by Gasteiger charge is -2.13. The van der Waals surface area contributed by atoms with Crippen LogP contribution in [0.5, 0.6) is 0 Å². The van der Waals surface area contributed by atoms with Crippen molar-refractivity contribution >= 4 is 16.8 Å². The van der Waals surface area contributed by atoms with Gasteiger partial charge in [0.2, 0.25) is 0 Å². The molecule has 2 heterocycles. The van der Waals surface area contributed by atoms with Gasteiger partial charge in [-0.2, -0.15) is 5.10 Å². The molecule has 0 saturated carbocycles. The molecule has 3 aromatic rings. The van der Waals surface area contributed by atoms with Gasteiger partial charge in [-0.15, -0.1) is 0 Å². The molecular weight excluding hydrogens is 290 g/mol. The van der Waals surface area contributed by atoms with Crippen LogP contribution in [0.3, 0.4) is 0 Å². The summed E-state index contributed by atoms with van der Waals surface area (Å²) in [5.41, 5.74) is 3.35. The van der Waals surface area contributed by atoms with Gasteiger partial charge in [0.1, 0.15) is 5.82 Å². The van der Waals surface area contributed by atoms with Gasteiger partial charge in [0, 0.05) is 11.1 Å². The SMILES string of the molecule is Cc1cc(C(=O)N[C@H](C)c2n[nH]c(C)n2)c2cccc(C)c2n1. The van der Waals surface area contributed by atoms with E-state index in [9.17, 15) is 4.79 Å². The summed E-state index contributed by atoms with van der Waals surface area (Å²) >= 11 is 0. The van der Waals surface area contributed by atoms with E-state index in [-0.39, 0.29) is 11.9 Å². The molecule has 23 heavy (non-hydrogen) atoms. The van der Waals surface area contributed by atoms with Crippen molar-refractivity contribution in [2.24, 2.45) is 0 Å². The van der Waals surface area contributed by atoms with E-state index in [0.717, 1.165) is 28.0 Å². The number of fused-ring (bicyclic) bond motifs is 1. The van der Waals surface area contributed by atoms with E-state index in [1.54, 1.807) is 0 Å². The first-order valence-electron chi connectivity index (χ1n) is 7.52. The second-order valence-corrected chi connectivity index (χ2v) is 5.76. The van der Waals surface area contributed by atoms with Crippen molar-refractivity contribution in [2.45, 2.75) is 33.7 Å². The number of pyridine rings is 1. The Morgan fingerprint density at radius 3 is 2.70 bits per heavy atom. The number of aromatic amines is 1. The second-order valence-electron chi connectivity index (χ2n) is 5.76. The van der Waals surface area contributed by atoms with Crippen molar-refractivity contribution in [2.75, 3.05) is 0 Å². The van der Waals surface area contributed by atoms with E-state index < -0.39 is 0 Å². The third-order valence-corrected chi connectivity index (χ3v) is 3.76. The maximum absolute atomic E-state index is 12.7. The largest absolute Gasteiger partial charge is 0.342 e. The molecule has 2 N–H and O–H groups in total. The smallest absolute Gasteiger partial charge is 0.252 e. The molecule has 0 bridgehead atoms. The molecule has 0 unspecified atom stereocenters. The lowest BCUT2D eigenvalue weighted by Crippen LogP contribution is -2.27. The number of carbonyl (C=O) groups excluding carboxylic acids is 1. The first kappa shape index (κ1) is 15.1. The zero-order valence-corrected chi connectivity index (χ0v) is 13.6. The third-order valence-electron chi connectivity index (χ3n) is 3.76. The topological polar surface area (TPSA) is 83.6 Å². The number of hydrogen-bond donors (Lipinski definition) is 2. The number of aromatic nitrogens is 4. The summed E-state index contributed by atoms with van der Waals surface area (Å²) < 4.78 is 0. The molecule has 0 aliphatic rings. The fraction of sp³-hybridized carbons (Fsp3) is 0.294. The highest BCUT2D eigenvalue weighted by molar-refractivity contribution is 6.06. The number of carbonyl (C=O) groups is 1. The van der Waals surface area contributed by atoms with Crippen LogP contribution < -0.4 is 5.32 Å². The van der Waals surface area contributed by atoms with Crippen molar-refractivity contribution in [1.82, 2.24) is 25.5 Å². The number of aryl methyl sites for hydroxylation is 3. The van der Waals surface area contributed by atoms with E-state index in [0.29, 0.717) is 11.4 Å². The van der Waals surface area contributed by atoms with Crippen molar-refractivity contribution in [3.05, 3.63) is 52.7 Å². The number of nitrogens with one attached hydrogen (secondary N) is 2. The minimum Gasteiger partial charge on any atom is -0.342 e. The summed E-state index contributed by atoms with van der Waals surface area (Å²) in [5, 5.41) is 10.7. The van der Waals surface area contributed by atoms with E-state index in [2.05, 4.69) is 25.5 Å².